The van der Waals surface area contributed by atoms with Crippen LogP contribution < -0.4 is 10.6 Å². The van der Waals surface area contributed by atoms with E-state index in [2.05, 4.69) is 20.6 Å². The van der Waals surface area contributed by atoms with Crippen LogP contribution in [0.15, 0.2) is 91.3 Å². The van der Waals surface area contributed by atoms with Gasteiger partial charge in [0, 0.05) is 29.9 Å². The number of para-hydroxylation sites is 1. The zero-order valence-corrected chi connectivity index (χ0v) is 20.3. The molecular weight excluding hydrogens is 487 g/mol. The van der Waals surface area contributed by atoms with Gasteiger partial charge in [-0.15, -0.1) is 0 Å². The van der Waals surface area contributed by atoms with E-state index in [1.165, 1.54) is 30.6 Å². The van der Waals surface area contributed by atoms with Crippen molar-refractivity contribution >= 4 is 29.4 Å². The first-order valence-corrected chi connectivity index (χ1v) is 11.9. The predicted octanol–water partition coefficient (Wildman–Crippen LogP) is 5.83. The van der Waals surface area contributed by atoms with E-state index < -0.39 is 23.7 Å². The van der Waals surface area contributed by atoms with Gasteiger partial charge in [-0.2, -0.15) is 0 Å². The molecule has 0 bridgehead atoms. The van der Waals surface area contributed by atoms with E-state index in [-0.39, 0.29) is 23.8 Å². The number of nitrogens with one attached hydrogen (secondary N) is 2. The molecule has 0 fully saturated rings. The number of carbonyl (C=O) groups is 3. The average molecular weight is 513 g/mol. The highest BCUT2D eigenvalue weighted by Crippen LogP contribution is 2.22. The van der Waals surface area contributed by atoms with Gasteiger partial charge in [-0.05, 0) is 36.1 Å². The molecule has 0 aliphatic rings. The number of hydrogen-bond donors (Lipinski definition) is 3. The molecule has 38 heavy (non-hydrogen) atoms. The van der Waals surface area contributed by atoms with Crippen molar-refractivity contribution in [2.24, 2.45) is 5.92 Å². The fourth-order valence-electron chi connectivity index (χ4n) is 3.85. The van der Waals surface area contributed by atoms with Crippen LogP contribution >= 0.6 is 0 Å². The Balaban J connectivity index is 1.33. The number of nitrogens with zero attached hydrogens (tertiary/aromatic N) is 2. The summed E-state index contributed by atoms with van der Waals surface area (Å²) in [6.07, 6.45) is 3.89. The van der Waals surface area contributed by atoms with Gasteiger partial charge in [-0.1, -0.05) is 66.7 Å². The maximum absolute atomic E-state index is 13.7. The third-order valence-corrected chi connectivity index (χ3v) is 5.94. The van der Waals surface area contributed by atoms with Crippen molar-refractivity contribution in [1.29, 1.82) is 0 Å². The molecule has 2 amide bonds. The smallest absolute Gasteiger partial charge is 0.326 e. The van der Waals surface area contributed by atoms with Gasteiger partial charge in [-0.3, -0.25) is 14.9 Å². The largest absolute Gasteiger partial charge is 0.481 e. The fraction of sp³-hybridized carbons (Fsp3) is 0.138. The quantitative estimate of drug-likeness (QED) is 0.230. The van der Waals surface area contributed by atoms with Crippen LogP contribution in [0, 0.1) is 11.7 Å². The number of rotatable bonds is 10. The summed E-state index contributed by atoms with van der Waals surface area (Å²) in [6, 6.07) is 21.4. The lowest BCUT2D eigenvalue weighted by atomic mass is 9.92. The number of amides is 2. The van der Waals surface area contributed by atoms with Gasteiger partial charge in [0.05, 0.1) is 11.6 Å². The maximum atomic E-state index is 13.7. The molecule has 8 nitrogen and oxygen atoms in total. The van der Waals surface area contributed by atoms with Crippen LogP contribution in [0.4, 0.5) is 20.8 Å². The van der Waals surface area contributed by atoms with E-state index in [1.807, 2.05) is 30.3 Å². The number of carbonyl (C=O) groups excluding carboxylic acids is 2. The molecule has 9 heteroatoms. The van der Waals surface area contributed by atoms with Crippen LogP contribution in [-0.2, 0) is 11.2 Å². The highest BCUT2D eigenvalue weighted by atomic mass is 19.1. The van der Waals surface area contributed by atoms with Crippen molar-refractivity contribution in [3.8, 4) is 11.1 Å². The average Bonchev–Trinajstić information content (AvgIpc) is 2.93. The summed E-state index contributed by atoms with van der Waals surface area (Å²) >= 11 is 0. The number of Topliss-reactive ketones (excluding diaryl/α,β-unsaturated/α-hetero) is 1. The maximum Gasteiger partial charge on any atom is 0.326 e. The summed E-state index contributed by atoms with van der Waals surface area (Å²) in [4.78, 5) is 44.8. The number of aromatic nitrogens is 2. The van der Waals surface area contributed by atoms with Gasteiger partial charge in [0.1, 0.15) is 5.82 Å². The Kier molecular flexibility index (Phi) is 8.50. The molecule has 4 rings (SSSR count). The van der Waals surface area contributed by atoms with Crippen LogP contribution in [0.5, 0.6) is 0 Å². The first-order valence-electron chi connectivity index (χ1n) is 11.9. The Morgan fingerprint density at radius 2 is 1.47 bits per heavy atom. The first-order chi connectivity index (χ1) is 18.4. The molecule has 192 valence electrons. The van der Waals surface area contributed by atoms with Crippen molar-refractivity contribution in [1.82, 2.24) is 9.97 Å². The number of anilines is 2. The standard InChI is InChI=1S/C29H25FN4O4/c30-24-8-4-5-9-25(24)33-29(38)34-28-31-17-23(18-32-28)20-12-14-21(15-13-20)26(35)16-22(27(36)37)11-10-19-6-2-1-3-7-19/h1-9,12-15,17-18,22H,10-11,16H2,(H,36,37)(H2,31,32,33,34,38). The van der Waals surface area contributed by atoms with Gasteiger partial charge >= 0.3 is 12.0 Å². The molecule has 0 saturated carbocycles. The molecule has 1 heterocycles. The van der Waals surface area contributed by atoms with Crippen molar-refractivity contribution in [2.45, 2.75) is 19.3 Å². The molecule has 0 aliphatic carbocycles. The summed E-state index contributed by atoms with van der Waals surface area (Å²) < 4.78 is 13.7. The van der Waals surface area contributed by atoms with E-state index in [4.69, 9.17) is 0 Å². The van der Waals surface area contributed by atoms with E-state index in [0.717, 1.165) is 11.1 Å². The number of hydrogen-bond acceptors (Lipinski definition) is 5. The molecule has 1 unspecified atom stereocenters. The zero-order chi connectivity index (χ0) is 26.9. The Bertz CT molecular complexity index is 1410. The monoisotopic (exact) mass is 512 g/mol. The molecule has 0 aliphatic heterocycles. The second-order valence-electron chi connectivity index (χ2n) is 8.62. The summed E-state index contributed by atoms with van der Waals surface area (Å²) in [5.74, 6) is -2.53. The van der Waals surface area contributed by atoms with Crippen LogP contribution in [-0.4, -0.2) is 32.9 Å². The minimum Gasteiger partial charge on any atom is -0.481 e. The van der Waals surface area contributed by atoms with Gasteiger partial charge in [-0.25, -0.2) is 19.2 Å². The van der Waals surface area contributed by atoms with Crippen LogP contribution in [0.25, 0.3) is 11.1 Å². The lowest BCUT2D eigenvalue weighted by molar-refractivity contribution is -0.141. The molecule has 4 aromatic rings. The van der Waals surface area contributed by atoms with Crippen LogP contribution in [0.1, 0.15) is 28.8 Å². The molecule has 0 spiro atoms. The molecular formula is C29H25FN4O4. The van der Waals surface area contributed by atoms with Crippen LogP contribution in [0.2, 0.25) is 0 Å². The van der Waals surface area contributed by atoms with Gasteiger partial charge in [0.15, 0.2) is 5.78 Å². The lowest BCUT2D eigenvalue weighted by Gasteiger charge is -2.12. The minimum atomic E-state index is -0.987. The summed E-state index contributed by atoms with van der Waals surface area (Å²) in [5.41, 5.74) is 2.87. The summed E-state index contributed by atoms with van der Waals surface area (Å²) in [6.45, 7) is 0. The number of urea groups is 1. The van der Waals surface area contributed by atoms with E-state index in [0.29, 0.717) is 24.0 Å². The molecule has 3 aromatic carbocycles. The van der Waals surface area contributed by atoms with E-state index in [1.54, 1.807) is 30.3 Å². The zero-order valence-electron chi connectivity index (χ0n) is 20.3. The number of aryl methyl sites for hydroxylation is 1. The number of benzene rings is 3. The molecule has 1 aromatic heterocycles. The number of ketones is 1. The molecule has 3 N–H and O–H groups in total. The number of carboxylic acid groups (broad SMARTS) is 1. The second kappa shape index (κ2) is 12.4. The topological polar surface area (TPSA) is 121 Å². The van der Waals surface area contributed by atoms with Gasteiger partial charge in [0.2, 0.25) is 5.95 Å². The number of halogens is 1. The lowest BCUT2D eigenvalue weighted by Crippen LogP contribution is -2.21. The van der Waals surface area contributed by atoms with Gasteiger partial charge < -0.3 is 10.4 Å². The Hall–Kier alpha value is -4.92. The van der Waals surface area contributed by atoms with Crippen LogP contribution in [0.3, 0.4) is 0 Å². The molecule has 1 atom stereocenters. The minimum absolute atomic E-state index is 0.0297. The van der Waals surface area contributed by atoms with E-state index in [9.17, 15) is 23.9 Å². The molecule has 0 radical (unpaired) electrons. The fourth-order valence-corrected chi connectivity index (χ4v) is 3.85. The second-order valence-corrected chi connectivity index (χ2v) is 8.62. The van der Waals surface area contributed by atoms with Crippen molar-refractivity contribution < 1.29 is 23.9 Å². The summed E-state index contributed by atoms with van der Waals surface area (Å²) in [7, 11) is 0. The highest BCUT2D eigenvalue weighted by molar-refractivity contribution is 5.99. The SMILES string of the molecule is O=C(Nc1ncc(-c2ccc(C(=O)CC(CCc3ccccc3)C(=O)O)cc2)cn1)Nc1ccccc1F. The Labute approximate surface area is 218 Å². The molecule has 0 saturated heterocycles. The number of aliphatic carboxylic acids is 1. The van der Waals surface area contributed by atoms with Crippen molar-refractivity contribution in [3.05, 3.63) is 108 Å². The van der Waals surface area contributed by atoms with E-state index >= 15 is 0 Å². The predicted molar refractivity (Wildman–Crippen MR) is 141 cm³/mol. The third kappa shape index (κ3) is 7.07. The van der Waals surface area contributed by atoms with Crippen molar-refractivity contribution in [2.75, 3.05) is 10.6 Å². The Morgan fingerprint density at radius 3 is 2.13 bits per heavy atom. The third-order valence-electron chi connectivity index (χ3n) is 5.94. The first kappa shape index (κ1) is 26.2. The summed E-state index contributed by atoms with van der Waals surface area (Å²) in [5, 5.41) is 14.4. The van der Waals surface area contributed by atoms with Gasteiger partial charge in [0.25, 0.3) is 0 Å². The number of carboxylic acids is 1. The Morgan fingerprint density at radius 1 is 0.816 bits per heavy atom. The van der Waals surface area contributed by atoms with Crippen molar-refractivity contribution in [3.63, 3.8) is 0 Å². The highest BCUT2D eigenvalue weighted by Gasteiger charge is 2.22. The normalized spacial score (nSPS) is 11.4.